The maximum Gasteiger partial charge on any atom is 0.328 e. The monoisotopic (exact) mass is 420 g/mol. The lowest BCUT2D eigenvalue weighted by Crippen LogP contribution is -2.55. The van der Waals surface area contributed by atoms with E-state index in [1.165, 1.54) is 33.9 Å². The fraction of sp³-hybridized carbons (Fsp3) is 0.476. The standard InChI is InChI=1S/C21H26F2N4O3/c1-3-15-12-27(21(30)24-19(15)28)11-14-5-6-18(23)17(9-14)20(29)26-8-7-25(4-2)16(10-22)13-26/h5-6,9,12,16H,3-4,7-8,10-11,13H2,1-2H3,(H,24,28,30)/t16-/m0/s1. The largest absolute Gasteiger partial charge is 0.336 e. The zero-order valence-corrected chi connectivity index (χ0v) is 17.2. The van der Waals surface area contributed by atoms with E-state index in [2.05, 4.69) is 4.98 Å². The molecule has 2 heterocycles. The van der Waals surface area contributed by atoms with Gasteiger partial charge in [0.2, 0.25) is 0 Å². The van der Waals surface area contributed by atoms with Crippen molar-refractivity contribution in [2.24, 2.45) is 0 Å². The number of hydrogen-bond donors (Lipinski definition) is 1. The molecule has 1 fully saturated rings. The molecule has 162 valence electrons. The summed E-state index contributed by atoms with van der Waals surface area (Å²) in [7, 11) is 0. The third kappa shape index (κ3) is 4.51. The van der Waals surface area contributed by atoms with Crippen LogP contribution in [-0.4, -0.2) is 64.2 Å². The van der Waals surface area contributed by atoms with Gasteiger partial charge in [0, 0.05) is 31.4 Å². The Balaban J connectivity index is 1.85. The summed E-state index contributed by atoms with van der Waals surface area (Å²) in [4.78, 5) is 42.4. The Bertz CT molecular complexity index is 1030. The SMILES string of the molecule is CCc1cn(Cc2ccc(F)c(C(=O)N3CCN(CC)[C@@H](CF)C3)c2)c(=O)[nH]c1=O. The molecule has 1 N–H and O–H groups in total. The van der Waals surface area contributed by atoms with Crippen molar-refractivity contribution in [3.63, 3.8) is 0 Å². The molecular formula is C21H26F2N4O3. The molecule has 1 atom stereocenters. The first kappa shape index (κ1) is 21.9. The molecule has 1 saturated heterocycles. The lowest BCUT2D eigenvalue weighted by molar-refractivity contribution is 0.0440. The average molecular weight is 420 g/mol. The van der Waals surface area contributed by atoms with Gasteiger partial charge in [0.05, 0.1) is 18.2 Å². The van der Waals surface area contributed by atoms with Crippen molar-refractivity contribution in [2.75, 3.05) is 32.9 Å². The van der Waals surface area contributed by atoms with Gasteiger partial charge in [0.15, 0.2) is 0 Å². The maximum absolute atomic E-state index is 14.4. The molecule has 1 amide bonds. The predicted molar refractivity (Wildman–Crippen MR) is 109 cm³/mol. The van der Waals surface area contributed by atoms with Crippen LogP contribution < -0.4 is 11.2 Å². The van der Waals surface area contributed by atoms with Crippen molar-refractivity contribution in [2.45, 2.75) is 32.9 Å². The van der Waals surface area contributed by atoms with Gasteiger partial charge in [-0.1, -0.05) is 19.9 Å². The number of nitrogens with zero attached hydrogens (tertiary/aromatic N) is 3. The molecule has 0 unspecified atom stereocenters. The topological polar surface area (TPSA) is 78.4 Å². The van der Waals surface area contributed by atoms with Crippen LogP contribution in [0.4, 0.5) is 8.78 Å². The van der Waals surface area contributed by atoms with Gasteiger partial charge in [-0.2, -0.15) is 0 Å². The summed E-state index contributed by atoms with van der Waals surface area (Å²) in [6, 6.07) is 3.70. The number of hydrogen-bond acceptors (Lipinski definition) is 4. The first-order valence-electron chi connectivity index (χ1n) is 10.1. The molecule has 7 nitrogen and oxygen atoms in total. The zero-order valence-electron chi connectivity index (χ0n) is 17.2. The molecule has 0 aliphatic carbocycles. The molecular weight excluding hydrogens is 394 g/mol. The van der Waals surface area contributed by atoms with Gasteiger partial charge in [-0.05, 0) is 30.7 Å². The highest BCUT2D eigenvalue weighted by Crippen LogP contribution is 2.18. The fourth-order valence-electron chi connectivity index (χ4n) is 3.77. The fourth-order valence-corrected chi connectivity index (χ4v) is 3.77. The number of aryl methyl sites for hydroxylation is 1. The van der Waals surface area contributed by atoms with E-state index >= 15 is 0 Å². The molecule has 9 heteroatoms. The van der Waals surface area contributed by atoms with E-state index in [4.69, 9.17) is 0 Å². The van der Waals surface area contributed by atoms with Crippen LogP contribution in [0.15, 0.2) is 34.0 Å². The molecule has 1 aromatic heterocycles. The molecule has 0 spiro atoms. The number of piperazine rings is 1. The van der Waals surface area contributed by atoms with Crippen LogP contribution in [0.1, 0.15) is 35.3 Å². The van der Waals surface area contributed by atoms with E-state index < -0.39 is 35.7 Å². The Hall–Kier alpha value is -2.81. The van der Waals surface area contributed by atoms with Gasteiger partial charge in [-0.3, -0.25) is 24.0 Å². The molecule has 0 bridgehead atoms. The number of carbonyl (C=O) groups is 1. The second kappa shape index (κ2) is 9.34. The van der Waals surface area contributed by atoms with Crippen LogP contribution in [0.3, 0.4) is 0 Å². The van der Waals surface area contributed by atoms with E-state index in [9.17, 15) is 23.2 Å². The van der Waals surface area contributed by atoms with Gasteiger partial charge >= 0.3 is 5.69 Å². The Kier molecular flexibility index (Phi) is 6.81. The number of carbonyl (C=O) groups excluding carboxylic acids is 1. The first-order valence-corrected chi connectivity index (χ1v) is 10.1. The highest BCUT2D eigenvalue weighted by atomic mass is 19.1. The third-order valence-corrected chi connectivity index (χ3v) is 5.56. The Morgan fingerprint density at radius 2 is 2.00 bits per heavy atom. The number of benzene rings is 1. The van der Waals surface area contributed by atoms with E-state index in [1.54, 1.807) is 6.92 Å². The molecule has 1 aliphatic heterocycles. The summed E-state index contributed by atoms with van der Waals surface area (Å²) in [5, 5.41) is 0. The van der Waals surface area contributed by atoms with Crippen molar-refractivity contribution in [1.82, 2.24) is 19.4 Å². The van der Waals surface area contributed by atoms with Crippen LogP contribution >= 0.6 is 0 Å². The second-order valence-corrected chi connectivity index (χ2v) is 7.40. The number of aromatic nitrogens is 2. The molecule has 1 aromatic carbocycles. The third-order valence-electron chi connectivity index (χ3n) is 5.56. The highest BCUT2D eigenvalue weighted by Gasteiger charge is 2.30. The second-order valence-electron chi connectivity index (χ2n) is 7.40. The normalized spacial score (nSPS) is 17.3. The van der Waals surface area contributed by atoms with Gasteiger partial charge in [0.1, 0.15) is 12.5 Å². The van der Waals surface area contributed by atoms with Crippen LogP contribution in [0.5, 0.6) is 0 Å². The summed E-state index contributed by atoms with van der Waals surface area (Å²) in [6.45, 7) is 5.06. The molecule has 0 saturated carbocycles. The number of rotatable bonds is 6. The van der Waals surface area contributed by atoms with E-state index in [-0.39, 0.29) is 18.7 Å². The first-order chi connectivity index (χ1) is 14.4. The van der Waals surface area contributed by atoms with Gasteiger partial charge in [-0.15, -0.1) is 0 Å². The van der Waals surface area contributed by atoms with Gasteiger partial charge < -0.3 is 4.90 Å². The summed E-state index contributed by atoms with van der Waals surface area (Å²) in [6.07, 6.45) is 1.93. The summed E-state index contributed by atoms with van der Waals surface area (Å²) >= 11 is 0. The van der Waals surface area contributed by atoms with E-state index in [0.29, 0.717) is 37.2 Å². The van der Waals surface area contributed by atoms with Crippen LogP contribution in [0.25, 0.3) is 0 Å². The number of likely N-dealkylation sites (N-methyl/N-ethyl adjacent to an activating group) is 1. The summed E-state index contributed by atoms with van der Waals surface area (Å²) in [5.74, 6) is -1.16. The molecule has 1 aliphatic rings. The summed E-state index contributed by atoms with van der Waals surface area (Å²) in [5.41, 5.74) is -0.106. The van der Waals surface area contributed by atoms with Gasteiger partial charge in [-0.25, -0.2) is 13.6 Å². The van der Waals surface area contributed by atoms with Crippen LogP contribution in [-0.2, 0) is 13.0 Å². The Labute approximate surface area is 172 Å². The number of aromatic amines is 1. The smallest absolute Gasteiger partial charge is 0.328 e. The number of H-pyrrole nitrogens is 1. The Morgan fingerprint density at radius 1 is 1.23 bits per heavy atom. The van der Waals surface area contributed by atoms with Gasteiger partial charge in [0.25, 0.3) is 11.5 Å². The van der Waals surface area contributed by atoms with Crippen molar-refractivity contribution in [3.8, 4) is 0 Å². The zero-order chi connectivity index (χ0) is 21.8. The average Bonchev–Trinajstić information content (AvgIpc) is 2.75. The number of alkyl halides is 1. The number of amides is 1. The van der Waals surface area contributed by atoms with Crippen molar-refractivity contribution in [3.05, 3.63) is 67.7 Å². The Morgan fingerprint density at radius 3 is 2.67 bits per heavy atom. The lowest BCUT2D eigenvalue weighted by atomic mass is 10.1. The minimum Gasteiger partial charge on any atom is -0.336 e. The van der Waals surface area contributed by atoms with E-state index in [1.807, 2.05) is 11.8 Å². The van der Waals surface area contributed by atoms with Crippen molar-refractivity contribution in [1.29, 1.82) is 0 Å². The molecule has 2 aromatic rings. The minimum absolute atomic E-state index is 0.0832. The summed E-state index contributed by atoms with van der Waals surface area (Å²) < 4.78 is 29.1. The molecule has 3 rings (SSSR count). The predicted octanol–water partition coefficient (Wildman–Crippen LogP) is 1.40. The minimum atomic E-state index is -0.665. The molecule has 0 radical (unpaired) electrons. The molecule has 30 heavy (non-hydrogen) atoms. The van der Waals surface area contributed by atoms with Crippen molar-refractivity contribution < 1.29 is 13.6 Å². The number of nitrogens with one attached hydrogen (secondary N) is 1. The highest BCUT2D eigenvalue weighted by molar-refractivity contribution is 5.94. The van der Waals surface area contributed by atoms with Crippen LogP contribution in [0, 0.1) is 5.82 Å². The number of halogens is 2. The van der Waals surface area contributed by atoms with E-state index in [0.717, 1.165) is 0 Å². The lowest BCUT2D eigenvalue weighted by Gasteiger charge is -2.39. The van der Waals surface area contributed by atoms with Crippen molar-refractivity contribution >= 4 is 5.91 Å². The quantitative estimate of drug-likeness (QED) is 0.767. The van der Waals surface area contributed by atoms with Crippen LogP contribution in [0.2, 0.25) is 0 Å². The maximum atomic E-state index is 14.4.